The molecule has 0 aliphatic carbocycles. The van der Waals surface area contributed by atoms with E-state index in [0.29, 0.717) is 12.2 Å². The number of aromatic nitrogens is 4. The van der Waals surface area contributed by atoms with Crippen LogP contribution in [0.1, 0.15) is 49.4 Å². The first-order valence-corrected chi connectivity index (χ1v) is 9.42. The van der Waals surface area contributed by atoms with Crippen molar-refractivity contribution < 1.29 is 9.53 Å². The third-order valence-corrected chi connectivity index (χ3v) is 4.49. The molecular formula is C21H27N5O2. The summed E-state index contributed by atoms with van der Waals surface area (Å²) in [7, 11) is 0. The maximum absolute atomic E-state index is 12.3. The largest absolute Gasteiger partial charge is 0.471 e. The lowest BCUT2D eigenvalue weighted by atomic mass is 9.87. The summed E-state index contributed by atoms with van der Waals surface area (Å²) in [6, 6.07) is 11.6. The predicted octanol–water partition coefficient (Wildman–Crippen LogP) is 3.36. The second kappa shape index (κ2) is 8.29. The van der Waals surface area contributed by atoms with Gasteiger partial charge in [0.25, 0.3) is 5.91 Å². The second-order valence-electron chi connectivity index (χ2n) is 7.61. The van der Waals surface area contributed by atoms with Crippen molar-refractivity contribution in [2.24, 2.45) is 0 Å². The lowest BCUT2D eigenvalue weighted by molar-refractivity contribution is 0.0943. The highest BCUT2D eigenvalue weighted by Crippen LogP contribution is 2.24. The fraction of sp³-hybridized carbons (Fsp3) is 0.381. The zero-order chi connectivity index (χ0) is 20.1. The number of nitrogens with zero attached hydrogens (tertiary/aromatic N) is 4. The van der Waals surface area contributed by atoms with Gasteiger partial charge in [0.15, 0.2) is 6.73 Å². The Morgan fingerprint density at radius 1 is 1.14 bits per heavy atom. The first-order chi connectivity index (χ1) is 13.4. The quantitative estimate of drug-likeness (QED) is 0.681. The molecule has 0 fully saturated rings. The molecule has 0 radical (unpaired) electrons. The number of ether oxygens (including phenoxy) is 1. The standard InChI is InChI=1S/C21H27N5O2/c1-5-26-17(10-12-23-26)14-22-20(27)19-11-13-25(24-19)15-28-18-8-6-16(7-9-18)21(2,3)4/h6-13H,5,14-15H2,1-4H3,(H,22,27). The van der Waals surface area contributed by atoms with Gasteiger partial charge < -0.3 is 10.1 Å². The average Bonchev–Trinajstić information content (AvgIpc) is 3.33. The van der Waals surface area contributed by atoms with E-state index in [-0.39, 0.29) is 18.1 Å². The maximum atomic E-state index is 12.3. The number of aryl methyl sites for hydroxylation is 1. The molecule has 0 saturated carbocycles. The molecule has 1 aromatic carbocycles. The summed E-state index contributed by atoms with van der Waals surface area (Å²) in [6.45, 7) is 9.96. The Bertz CT molecular complexity index is 919. The van der Waals surface area contributed by atoms with Crippen molar-refractivity contribution in [3.8, 4) is 5.75 Å². The Morgan fingerprint density at radius 3 is 2.57 bits per heavy atom. The van der Waals surface area contributed by atoms with Gasteiger partial charge in [-0.25, -0.2) is 4.68 Å². The monoisotopic (exact) mass is 381 g/mol. The van der Waals surface area contributed by atoms with Crippen molar-refractivity contribution in [1.82, 2.24) is 24.9 Å². The summed E-state index contributed by atoms with van der Waals surface area (Å²) in [4.78, 5) is 12.3. The van der Waals surface area contributed by atoms with E-state index in [2.05, 4.69) is 48.4 Å². The minimum absolute atomic E-state index is 0.109. The van der Waals surface area contributed by atoms with Gasteiger partial charge in [0.05, 0.1) is 12.2 Å². The average molecular weight is 381 g/mol. The van der Waals surface area contributed by atoms with Gasteiger partial charge in [-0.15, -0.1) is 0 Å². The van der Waals surface area contributed by atoms with Crippen molar-refractivity contribution in [1.29, 1.82) is 0 Å². The van der Waals surface area contributed by atoms with Gasteiger partial charge in [0, 0.05) is 18.9 Å². The molecule has 28 heavy (non-hydrogen) atoms. The van der Waals surface area contributed by atoms with E-state index in [1.54, 1.807) is 23.1 Å². The molecule has 0 bridgehead atoms. The lowest BCUT2D eigenvalue weighted by Gasteiger charge is -2.19. The summed E-state index contributed by atoms with van der Waals surface area (Å²) in [6.07, 6.45) is 3.46. The highest BCUT2D eigenvalue weighted by atomic mass is 16.5. The van der Waals surface area contributed by atoms with Crippen LogP contribution in [0, 0.1) is 0 Å². The molecule has 3 rings (SSSR count). The van der Waals surface area contributed by atoms with E-state index in [9.17, 15) is 4.79 Å². The minimum atomic E-state index is -0.225. The van der Waals surface area contributed by atoms with E-state index in [1.807, 2.05) is 29.8 Å². The van der Waals surface area contributed by atoms with Crippen molar-refractivity contribution in [2.45, 2.75) is 52.9 Å². The molecule has 0 aliphatic heterocycles. The van der Waals surface area contributed by atoms with Gasteiger partial charge in [0.1, 0.15) is 11.4 Å². The van der Waals surface area contributed by atoms with Gasteiger partial charge in [-0.3, -0.25) is 9.48 Å². The summed E-state index contributed by atoms with van der Waals surface area (Å²) in [5.74, 6) is 0.541. The van der Waals surface area contributed by atoms with E-state index in [4.69, 9.17) is 4.74 Å². The first-order valence-electron chi connectivity index (χ1n) is 9.42. The minimum Gasteiger partial charge on any atom is -0.471 e. The van der Waals surface area contributed by atoms with Crippen LogP contribution in [0.5, 0.6) is 5.75 Å². The number of benzene rings is 1. The van der Waals surface area contributed by atoms with Crippen LogP contribution in [-0.2, 0) is 25.2 Å². The van der Waals surface area contributed by atoms with Gasteiger partial charge in [-0.1, -0.05) is 32.9 Å². The number of carbonyl (C=O) groups is 1. The Morgan fingerprint density at radius 2 is 1.89 bits per heavy atom. The number of hydrogen-bond acceptors (Lipinski definition) is 4. The highest BCUT2D eigenvalue weighted by Gasteiger charge is 2.13. The molecule has 0 saturated heterocycles. The molecule has 2 heterocycles. The van der Waals surface area contributed by atoms with Crippen LogP contribution in [0.2, 0.25) is 0 Å². The van der Waals surface area contributed by atoms with Crippen molar-refractivity contribution in [3.05, 3.63) is 65.7 Å². The first kappa shape index (κ1) is 19.7. The summed E-state index contributed by atoms with van der Waals surface area (Å²) >= 11 is 0. The number of carbonyl (C=O) groups excluding carboxylic acids is 1. The Balaban J connectivity index is 1.53. The summed E-state index contributed by atoms with van der Waals surface area (Å²) < 4.78 is 9.20. The molecule has 7 nitrogen and oxygen atoms in total. The second-order valence-corrected chi connectivity index (χ2v) is 7.61. The zero-order valence-electron chi connectivity index (χ0n) is 16.8. The molecule has 1 amide bonds. The van der Waals surface area contributed by atoms with Crippen LogP contribution >= 0.6 is 0 Å². The topological polar surface area (TPSA) is 74.0 Å². The predicted molar refractivity (Wildman–Crippen MR) is 107 cm³/mol. The van der Waals surface area contributed by atoms with Crippen LogP contribution < -0.4 is 10.1 Å². The lowest BCUT2D eigenvalue weighted by Crippen LogP contribution is -2.25. The molecular weight excluding hydrogens is 354 g/mol. The third-order valence-electron chi connectivity index (χ3n) is 4.49. The van der Waals surface area contributed by atoms with E-state index < -0.39 is 0 Å². The Labute approximate surface area is 165 Å². The molecule has 1 N–H and O–H groups in total. The summed E-state index contributed by atoms with van der Waals surface area (Å²) in [5, 5.41) is 11.3. The van der Waals surface area contributed by atoms with Crippen molar-refractivity contribution >= 4 is 5.91 Å². The van der Waals surface area contributed by atoms with Crippen LogP contribution in [0.4, 0.5) is 0 Å². The van der Waals surface area contributed by atoms with Gasteiger partial charge in [0.2, 0.25) is 0 Å². The molecule has 7 heteroatoms. The molecule has 0 aliphatic rings. The van der Waals surface area contributed by atoms with E-state index in [1.165, 1.54) is 5.56 Å². The summed E-state index contributed by atoms with van der Waals surface area (Å²) in [5.41, 5.74) is 2.67. The number of amides is 1. The molecule has 0 atom stereocenters. The molecule has 148 valence electrons. The van der Waals surface area contributed by atoms with Crippen LogP contribution in [0.15, 0.2) is 48.8 Å². The molecule has 2 aromatic heterocycles. The smallest absolute Gasteiger partial charge is 0.272 e. The fourth-order valence-electron chi connectivity index (χ4n) is 2.80. The zero-order valence-corrected chi connectivity index (χ0v) is 16.8. The van der Waals surface area contributed by atoms with E-state index in [0.717, 1.165) is 18.0 Å². The van der Waals surface area contributed by atoms with Crippen LogP contribution in [0.3, 0.4) is 0 Å². The fourth-order valence-corrected chi connectivity index (χ4v) is 2.80. The third kappa shape index (κ3) is 4.79. The Hall–Kier alpha value is -3.09. The van der Waals surface area contributed by atoms with Gasteiger partial charge in [-0.2, -0.15) is 10.2 Å². The SMILES string of the molecule is CCn1nccc1CNC(=O)c1ccn(COc2ccc(C(C)(C)C)cc2)n1. The number of rotatable bonds is 7. The van der Waals surface area contributed by atoms with Gasteiger partial charge >= 0.3 is 0 Å². The van der Waals surface area contributed by atoms with Crippen LogP contribution in [0.25, 0.3) is 0 Å². The number of nitrogens with one attached hydrogen (secondary N) is 1. The maximum Gasteiger partial charge on any atom is 0.272 e. The van der Waals surface area contributed by atoms with Crippen molar-refractivity contribution in [3.63, 3.8) is 0 Å². The van der Waals surface area contributed by atoms with Crippen LogP contribution in [-0.4, -0.2) is 25.5 Å². The van der Waals surface area contributed by atoms with Crippen molar-refractivity contribution in [2.75, 3.05) is 0 Å². The van der Waals surface area contributed by atoms with Gasteiger partial charge in [-0.05, 0) is 42.2 Å². The highest BCUT2D eigenvalue weighted by molar-refractivity contribution is 5.92. The molecule has 0 spiro atoms. The Kier molecular flexibility index (Phi) is 5.82. The molecule has 0 unspecified atom stereocenters. The van der Waals surface area contributed by atoms with E-state index >= 15 is 0 Å². The normalized spacial score (nSPS) is 11.4. The number of hydrogen-bond donors (Lipinski definition) is 1. The molecule has 3 aromatic rings.